The number of halogens is 2. The fraction of sp³-hybridized carbons (Fsp3) is 0.571. The molecular formula is C14H21F2NO. The van der Waals surface area contributed by atoms with Crippen LogP contribution in [0.5, 0.6) is 5.75 Å². The maximum Gasteiger partial charge on any atom is 0.190 e. The molecule has 0 spiro atoms. The van der Waals surface area contributed by atoms with Gasteiger partial charge in [-0.15, -0.1) is 0 Å². The molecule has 1 aromatic carbocycles. The largest absolute Gasteiger partial charge is 0.488 e. The van der Waals surface area contributed by atoms with Gasteiger partial charge in [-0.1, -0.05) is 20.8 Å². The van der Waals surface area contributed by atoms with E-state index in [4.69, 9.17) is 4.74 Å². The topological polar surface area (TPSA) is 21.3 Å². The van der Waals surface area contributed by atoms with E-state index in [0.717, 1.165) is 13.0 Å². The second-order valence-electron chi connectivity index (χ2n) is 4.76. The molecule has 0 unspecified atom stereocenters. The van der Waals surface area contributed by atoms with E-state index >= 15 is 0 Å². The molecule has 0 aliphatic carbocycles. The lowest BCUT2D eigenvalue weighted by Gasteiger charge is -2.11. The minimum Gasteiger partial charge on any atom is -0.488 e. The normalized spacial score (nSPS) is 11.0. The lowest BCUT2D eigenvalue weighted by Crippen LogP contribution is -2.19. The van der Waals surface area contributed by atoms with Crippen molar-refractivity contribution in [3.8, 4) is 5.75 Å². The van der Waals surface area contributed by atoms with Crippen LogP contribution in [0.4, 0.5) is 8.78 Å². The van der Waals surface area contributed by atoms with Crippen molar-refractivity contribution in [1.82, 2.24) is 5.32 Å². The van der Waals surface area contributed by atoms with Crippen LogP contribution in [-0.2, 0) is 6.54 Å². The molecule has 18 heavy (non-hydrogen) atoms. The fourth-order valence-corrected chi connectivity index (χ4v) is 1.56. The Labute approximate surface area is 107 Å². The summed E-state index contributed by atoms with van der Waals surface area (Å²) < 4.78 is 32.3. The van der Waals surface area contributed by atoms with Gasteiger partial charge in [0.2, 0.25) is 0 Å². The maximum atomic E-state index is 13.6. The van der Waals surface area contributed by atoms with Crippen LogP contribution in [0, 0.1) is 17.6 Å². The lowest BCUT2D eigenvalue weighted by molar-refractivity contribution is 0.284. The molecule has 0 aromatic heterocycles. The summed E-state index contributed by atoms with van der Waals surface area (Å²) >= 11 is 0. The van der Waals surface area contributed by atoms with Crippen LogP contribution in [0.15, 0.2) is 12.1 Å². The van der Waals surface area contributed by atoms with Crippen molar-refractivity contribution in [1.29, 1.82) is 0 Å². The average molecular weight is 257 g/mol. The maximum absolute atomic E-state index is 13.6. The van der Waals surface area contributed by atoms with Gasteiger partial charge in [0.05, 0.1) is 6.61 Å². The monoisotopic (exact) mass is 257 g/mol. The predicted octanol–water partition coefficient (Wildman–Crippen LogP) is 3.50. The highest BCUT2D eigenvalue weighted by Gasteiger charge is 2.12. The van der Waals surface area contributed by atoms with Crippen LogP contribution < -0.4 is 10.1 Å². The Kier molecular flexibility index (Phi) is 6.05. The van der Waals surface area contributed by atoms with E-state index in [1.54, 1.807) is 0 Å². The highest BCUT2D eigenvalue weighted by molar-refractivity contribution is 5.31. The molecule has 0 saturated heterocycles. The van der Waals surface area contributed by atoms with Crippen LogP contribution in [0.25, 0.3) is 0 Å². The molecule has 0 saturated carbocycles. The predicted molar refractivity (Wildman–Crippen MR) is 68.7 cm³/mol. The van der Waals surface area contributed by atoms with Gasteiger partial charge in [-0.05, 0) is 36.6 Å². The Hall–Kier alpha value is -1.16. The van der Waals surface area contributed by atoms with Gasteiger partial charge >= 0.3 is 0 Å². The molecule has 0 bridgehead atoms. The van der Waals surface area contributed by atoms with Gasteiger partial charge in [0, 0.05) is 6.54 Å². The zero-order chi connectivity index (χ0) is 13.5. The van der Waals surface area contributed by atoms with Crippen LogP contribution >= 0.6 is 0 Å². The van der Waals surface area contributed by atoms with Crippen molar-refractivity contribution in [2.24, 2.45) is 5.92 Å². The SMILES string of the molecule is CCCOc1c(F)cc(CNCC(C)C)cc1F. The smallest absolute Gasteiger partial charge is 0.190 e. The van der Waals surface area contributed by atoms with E-state index in [2.05, 4.69) is 19.2 Å². The zero-order valence-corrected chi connectivity index (χ0v) is 11.2. The minimum absolute atomic E-state index is 0.274. The van der Waals surface area contributed by atoms with Crippen molar-refractivity contribution < 1.29 is 13.5 Å². The molecule has 4 heteroatoms. The fourth-order valence-electron chi connectivity index (χ4n) is 1.56. The molecule has 0 radical (unpaired) electrons. The second-order valence-corrected chi connectivity index (χ2v) is 4.76. The molecule has 0 aliphatic rings. The van der Waals surface area contributed by atoms with Crippen LogP contribution in [0.2, 0.25) is 0 Å². The van der Waals surface area contributed by atoms with Gasteiger partial charge in [0.1, 0.15) is 0 Å². The Balaban J connectivity index is 2.67. The molecule has 0 atom stereocenters. The number of benzene rings is 1. The first-order chi connectivity index (χ1) is 8.54. The first-order valence-corrected chi connectivity index (χ1v) is 6.36. The molecule has 2 nitrogen and oxygen atoms in total. The van der Waals surface area contributed by atoms with Gasteiger partial charge in [-0.3, -0.25) is 0 Å². The zero-order valence-electron chi connectivity index (χ0n) is 11.2. The van der Waals surface area contributed by atoms with Crippen molar-refractivity contribution >= 4 is 0 Å². The third-order valence-electron chi connectivity index (χ3n) is 2.39. The quantitative estimate of drug-likeness (QED) is 0.807. The molecule has 0 heterocycles. The molecule has 102 valence electrons. The summed E-state index contributed by atoms with van der Waals surface area (Å²) in [5.74, 6) is -1.04. The highest BCUT2D eigenvalue weighted by atomic mass is 19.1. The molecule has 0 fully saturated rings. The summed E-state index contributed by atoms with van der Waals surface area (Å²) in [5.41, 5.74) is 0.592. The Bertz CT molecular complexity index is 357. The van der Waals surface area contributed by atoms with Gasteiger partial charge < -0.3 is 10.1 Å². The Morgan fingerprint density at radius 3 is 2.33 bits per heavy atom. The number of nitrogens with one attached hydrogen (secondary N) is 1. The highest BCUT2D eigenvalue weighted by Crippen LogP contribution is 2.23. The summed E-state index contributed by atoms with van der Waals surface area (Å²) in [6.45, 7) is 7.64. The van der Waals surface area contributed by atoms with Crippen LogP contribution in [-0.4, -0.2) is 13.2 Å². The molecule has 0 aliphatic heterocycles. The Morgan fingerprint density at radius 2 is 1.83 bits per heavy atom. The third-order valence-corrected chi connectivity index (χ3v) is 2.39. The Morgan fingerprint density at radius 1 is 1.22 bits per heavy atom. The first-order valence-electron chi connectivity index (χ1n) is 6.36. The average Bonchev–Trinajstić information content (AvgIpc) is 2.27. The number of ether oxygens (including phenoxy) is 1. The summed E-state index contributed by atoms with van der Waals surface area (Å²) in [7, 11) is 0. The first kappa shape index (κ1) is 14.9. The molecule has 1 aromatic rings. The number of rotatable bonds is 7. The summed E-state index contributed by atoms with van der Waals surface area (Å²) in [6.07, 6.45) is 0.719. The van der Waals surface area contributed by atoms with E-state index in [9.17, 15) is 8.78 Å². The summed E-state index contributed by atoms with van der Waals surface area (Å²) in [5, 5.41) is 3.14. The van der Waals surface area contributed by atoms with Crippen molar-refractivity contribution in [3.05, 3.63) is 29.3 Å². The molecule has 1 rings (SSSR count). The van der Waals surface area contributed by atoms with Crippen molar-refractivity contribution in [2.75, 3.05) is 13.2 Å². The van der Waals surface area contributed by atoms with E-state index in [0.29, 0.717) is 24.6 Å². The lowest BCUT2D eigenvalue weighted by atomic mass is 10.1. The van der Waals surface area contributed by atoms with Crippen molar-refractivity contribution in [3.63, 3.8) is 0 Å². The van der Waals surface area contributed by atoms with E-state index in [1.807, 2.05) is 6.92 Å². The van der Waals surface area contributed by atoms with Crippen molar-refractivity contribution in [2.45, 2.75) is 33.7 Å². The molecular weight excluding hydrogens is 236 g/mol. The van der Waals surface area contributed by atoms with Crippen LogP contribution in [0.3, 0.4) is 0 Å². The number of hydrogen-bond donors (Lipinski definition) is 1. The van der Waals surface area contributed by atoms with E-state index in [-0.39, 0.29) is 5.75 Å². The van der Waals surface area contributed by atoms with Crippen LogP contribution in [0.1, 0.15) is 32.8 Å². The van der Waals surface area contributed by atoms with Gasteiger partial charge in [-0.25, -0.2) is 8.78 Å². The van der Waals surface area contributed by atoms with E-state index < -0.39 is 11.6 Å². The van der Waals surface area contributed by atoms with Gasteiger partial charge in [-0.2, -0.15) is 0 Å². The van der Waals surface area contributed by atoms with E-state index in [1.165, 1.54) is 12.1 Å². The molecule has 0 amide bonds. The summed E-state index contributed by atoms with van der Waals surface area (Å²) in [4.78, 5) is 0. The number of hydrogen-bond acceptors (Lipinski definition) is 2. The molecule has 1 N–H and O–H groups in total. The summed E-state index contributed by atoms with van der Waals surface area (Å²) in [6, 6.07) is 2.64. The third kappa shape index (κ3) is 4.61. The van der Waals surface area contributed by atoms with Gasteiger partial charge in [0.15, 0.2) is 17.4 Å². The second kappa shape index (κ2) is 7.31. The standard InChI is InChI=1S/C14H21F2NO/c1-4-5-18-14-12(15)6-11(7-13(14)16)9-17-8-10(2)3/h6-7,10,17H,4-5,8-9H2,1-3H3. The minimum atomic E-state index is -0.634. The van der Waals surface area contributed by atoms with Gasteiger partial charge in [0.25, 0.3) is 0 Å².